The van der Waals surface area contributed by atoms with Crippen molar-refractivity contribution in [2.45, 2.75) is 6.18 Å². The molecule has 1 fully saturated rings. The molecule has 0 unspecified atom stereocenters. The fourth-order valence-corrected chi connectivity index (χ4v) is 3.56. The number of hydrogen-bond acceptors (Lipinski definition) is 5. The molecule has 1 aromatic heterocycles. The highest BCUT2D eigenvalue weighted by Crippen LogP contribution is 2.32. The largest absolute Gasteiger partial charge is 0.416 e. The lowest BCUT2D eigenvalue weighted by Gasteiger charge is -2.36. The Bertz CT molecular complexity index is 1140. The van der Waals surface area contributed by atoms with Gasteiger partial charge in [-0.05, 0) is 30.3 Å². The van der Waals surface area contributed by atoms with Crippen molar-refractivity contribution >= 4 is 17.5 Å². The zero-order valence-electron chi connectivity index (χ0n) is 16.8. The van der Waals surface area contributed by atoms with Gasteiger partial charge >= 0.3 is 6.18 Å². The lowest BCUT2D eigenvalue weighted by Crippen LogP contribution is -2.47. The molecule has 2 N–H and O–H groups in total. The van der Waals surface area contributed by atoms with Gasteiger partial charge in [0.25, 0.3) is 5.91 Å². The van der Waals surface area contributed by atoms with Gasteiger partial charge in [0.2, 0.25) is 5.95 Å². The number of carbonyl (C=O) groups excluding carboxylic acids is 1. The predicted octanol–water partition coefficient (Wildman–Crippen LogP) is 3.73. The van der Waals surface area contributed by atoms with Crippen molar-refractivity contribution < 1.29 is 22.4 Å². The van der Waals surface area contributed by atoms with Crippen molar-refractivity contribution in [1.82, 2.24) is 9.97 Å². The minimum Gasteiger partial charge on any atom is -0.366 e. The number of alkyl halides is 3. The zero-order chi connectivity index (χ0) is 22.9. The van der Waals surface area contributed by atoms with Gasteiger partial charge in [-0.1, -0.05) is 24.3 Å². The number of halogens is 4. The van der Waals surface area contributed by atoms with Crippen molar-refractivity contribution in [3.8, 4) is 11.3 Å². The van der Waals surface area contributed by atoms with Crippen molar-refractivity contribution in [3.05, 3.63) is 71.7 Å². The average Bonchev–Trinajstić information content (AvgIpc) is 2.79. The number of benzene rings is 2. The quantitative estimate of drug-likeness (QED) is 0.620. The Balaban J connectivity index is 1.62. The van der Waals surface area contributed by atoms with Crippen molar-refractivity contribution in [2.75, 3.05) is 36.0 Å². The van der Waals surface area contributed by atoms with Crippen LogP contribution in [0.2, 0.25) is 0 Å². The van der Waals surface area contributed by atoms with Gasteiger partial charge in [-0.25, -0.2) is 14.4 Å². The summed E-state index contributed by atoms with van der Waals surface area (Å²) in [7, 11) is 0. The average molecular weight is 445 g/mol. The van der Waals surface area contributed by atoms with Gasteiger partial charge in [-0.3, -0.25) is 4.79 Å². The highest BCUT2D eigenvalue weighted by molar-refractivity contribution is 5.92. The van der Waals surface area contributed by atoms with E-state index in [9.17, 15) is 22.4 Å². The number of nitrogens with two attached hydrogens (primary N) is 1. The summed E-state index contributed by atoms with van der Waals surface area (Å²) in [4.78, 5) is 24.1. The van der Waals surface area contributed by atoms with Crippen LogP contribution < -0.4 is 15.5 Å². The van der Waals surface area contributed by atoms with E-state index < -0.39 is 17.6 Å². The Hall–Kier alpha value is -3.69. The number of piperazine rings is 1. The molecule has 1 amide bonds. The summed E-state index contributed by atoms with van der Waals surface area (Å²) >= 11 is 0. The Kier molecular flexibility index (Phi) is 5.68. The van der Waals surface area contributed by atoms with E-state index in [1.807, 2.05) is 4.90 Å². The second-order valence-electron chi connectivity index (χ2n) is 7.31. The van der Waals surface area contributed by atoms with E-state index in [0.717, 1.165) is 12.1 Å². The highest BCUT2D eigenvalue weighted by atomic mass is 19.4. The summed E-state index contributed by atoms with van der Waals surface area (Å²) in [6.07, 6.45) is -4.51. The number of primary amides is 1. The second kappa shape index (κ2) is 8.45. The Morgan fingerprint density at radius 3 is 2.25 bits per heavy atom. The van der Waals surface area contributed by atoms with Gasteiger partial charge < -0.3 is 15.5 Å². The van der Waals surface area contributed by atoms with Crippen LogP contribution in [0.15, 0.2) is 54.6 Å². The van der Waals surface area contributed by atoms with E-state index in [2.05, 4.69) is 9.97 Å². The van der Waals surface area contributed by atoms with E-state index in [-0.39, 0.29) is 28.7 Å². The summed E-state index contributed by atoms with van der Waals surface area (Å²) in [6.45, 7) is 1.81. The second-order valence-corrected chi connectivity index (χ2v) is 7.31. The molecule has 4 rings (SSSR count). The lowest BCUT2D eigenvalue weighted by atomic mass is 10.1. The van der Waals surface area contributed by atoms with Crippen LogP contribution in [0.3, 0.4) is 0 Å². The van der Waals surface area contributed by atoms with Gasteiger partial charge in [-0.2, -0.15) is 13.2 Å². The molecule has 2 heterocycles. The number of anilines is 2. The maximum Gasteiger partial charge on any atom is 0.416 e. The monoisotopic (exact) mass is 445 g/mol. The van der Waals surface area contributed by atoms with Gasteiger partial charge in [0.05, 0.1) is 16.9 Å². The first-order chi connectivity index (χ1) is 15.2. The van der Waals surface area contributed by atoms with Gasteiger partial charge in [-0.15, -0.1) is 0 Å². The Morgan fingerprint density at radius 2 is 1.59 bits per heavy atom. The molecular weight excluding hydrogens is 426 g/mol. The number of hydrogen-bond donors (Lipinski definition) is 1. The molecule has 0 saturated carbocycles. The summed E-state index contributed by atoms with van der Waals surface area (Å²) in [5.41, 5.74) is 5.31. The van der Waals surface area contributed by atoms with Crippen molar-refractivity contribution in [1.29, 1.82) is 0 Å². The first kappa shape index (κ1) is 21.5. The molecule has 32 heavy (non-hydrogen) atoms. The van der Waals surface area contributed by atoms with E-state index in [4.69, 9.17) is 5.73 Å². The van der Waals surface area contributed by atoms with E-state index in [1.54, 1.807) is 23.1 Å². The number of aromatic nitrogens is 2. The molecule has 0 atom stereocenters. The van der Waals surface area contributed by atoms with Crippen molar-refractivity contribution in [2.24, 2.45) is 5.73 Å². The third-order valence-electron chi connectivity index (χ3n) is 5.21. The van der Waals surface area contributed by atoms with Crippen LogP contribution >= 0.6 is 0 Å². The van der Waals surface area contributed by atoms with Gasteiger partial charge in [0, 0.05) is 31.7 Å². The number of nitrogens with zero attached hydrogens (tertiary/aromatic N) is 4. The SMILES string of the molecule is NC(=O)c1cc(-c2cccc(C(F)(F)F)c2)nc(N2CCN(c3ccccc3F)CC2)n1. The maximum absolute atomic E-state index is 14.1. The molecule has 166 valence electrons. The molecule has 1 saturated heterocycles. The Labute approximate surface area is 181 Å². The van der Waals surface area contributed by atoms with Gasteiger partial charge in [0.1, 0.15) is 11.5 Å². The van der Waals surface area contributed by atoms with E-state index in [1.165, 1.54) is 24.3 Å². The van der Waals surface area contributed by atoms with Crippen LogP contribution in [0, 0.1) is 5.82 Å². The van der Waals surface area contributed by atoms with Crippen molar-refractivity contribution in [3.63, 3.8) is 0 Å². The zero-order valence-corrected chi connectivity index (χ0v) is 16.8. The standard InChI is InChI=1S/C22H19F4N5O/c23-16-6-1-2-7-19(16)30-8-10-31(11-9-30)21-28-17(13-18(29-21)20(27)32)14-4-3-5-15(12-14)22(24,25)26/h1-7,12-13H,8-11H2,(H2,27,32). The summed E-state index contributed by atoms with van der Waals surface area (Å²) in [6, 6.07) is 12.4. The van der Waals surface area contributed by atoms with E-state index >= 15 is 0 Å². The minimum atomic E-state index is -4.51. The fraction of sp³-hybridized carbons (Fsp3) is 0.227. The number of carbonyl (C=O) groups is 1. The summed E-state index contributed by atoms with van der Waals surface area (Å²) in [5.74, 6) is -0.950. The van der Waals surface area contributed by atoms with Crippen LogP contribution in [0.25, 0.3) is 11.3 Å². The summed E-state index contributed by atoms with van der Waals surface area (Å²) < 4.78 is 53.4. The predicted molar refractivity (Wildman–Crippen MR) is 112 cm³/mol. The van der Waals surface area contributed by atoms with E-state index in [0.29, 0.717) is 31.9 Å². The molecule has 1 aliphatic rings. The van der Waals surface area contributed by atoms with Crippen LogP contribution in [0.4, 0.5) is 29.2 Å². The molecule has 0 radical (unpaired) electrons. The Morgan fingerprint density at radius 1 is 0.906 bits per heavy atom. The summed E-state index contributed by atoms with van der Waals surface area (Å²) in [5, 5.41) is 0. The van der Waals surface area contributed by atoms with Gasteiger partial charge in [0.15, 0.2) is 0 Å². The first-order valence-corrected chi connectivity index (χ1v) is 9.83. The lowest BCUT2D eigenvalue weighted by molar-refractivity contribution is -0.137. The molecule has 10 heteroatoms. The number of para-hydroxylation sites is 1. The normalized spacial score (nSPS) is 14.5. The molecular formula is C22H19F4N5O. The van der Waals surface area contributed by atoms with Crippen LogP contribution in [0.1, 0.15) is 16.1 Å². The molecule has 0 spiro atoms. The third-order valence-corrected chi connectivity index (χ3v) is 5.21. The minimum absolute atomic E-state index is 0.0982. The number of amides is 1. The molecule has 2 aromatic carbocycles. The highest BCUT2D eigenvalue weighted by Gasteiger charge is 2.31. The fourth-order valence-electron chi connectivity index (χ4n) is 3.56. The molecule has 6 nitrogen and oxygen atoms in total. The number of rotatable bonds is 4. The van der Waals surface area contributed by atoms with Crippen LogP contribution in [-0.2, 0) is 6.18 Å². The smallest absolute Gasteiger partial charge is 0.366 e. The topological polar surface area (TPSA) is 75.4 Å². The molecule has 0 aliphatic carbocycles. The molecule has 1 aliphatic heterocycles. The van der Waals surface area contributed by atoms with Crippen LogP contribution in [0.5, 0.6) is 0 Å². The maximum atomic E-state index is 14.1. The molecule has 3 aromatic rings. The third kappa shape index (κ3) is 4.48. The van der Waals surface area contributed by atoms with Crippen LogP contribution in [-0.4, -0.2) is 42.1 Å². The first-order valence-electron chi connectivity index (χ1n) is 9.83. The molecule has 0 bridgehead atoms.